The SMILES string of the molecule is O=S(=O)(Nc1ccc(CCCC2CCCC2)cc1F)c1ccc2c(c1)CCN(Cc1ccc(C(F)(F)F)cc1)C2. The minimum absolute atomic E-state index is 0.0695. The molecule has 0 unspecified atom stereocenters. The van der Waals surface area contributed by atoms with E-state index in [-0.39, 0.29) is 10.6 Å². The van der Waals surface area contributed by atoms with Crippen molar-refractivity contribution in [3.05, 3.63) is 94.3 Å². The molecule has 214 valence electrons. The van der Waals surface area contributed by atoms with E-state index in [4.69, 9.17) is 0 Å². The molecule has 40 heavy (non-hydrogen) atoms. The average Bonchev–Trinajstić information content (AvgIpc) is 3.43. The van der Waals surface area contributed by atoms with Crippen LogP contribution in [0.4, 0.5) is 23.2 Å². The van der Waals surface area contributed by atoms with Gasteiger partial charge in [-0.15, -0.1) is 0 Å². The molecule has 0 atom stereocenters. The molecule has 0 amide bonds. The number of hydrogen-bond acceptors (Lipinski definition) is 3. The molecule has 1 N–H and O–H groups in total. The Kier molecular flexibility index (Phi) is 8.52. The van der Waals surface area contributed by atoms with Gasteiger partial charge in [0.2, 0.25) is 0 Å². The third-order valence-corrected chi connectivity index (χ3v) is 9.46. The maximum atomic E-state index is 14.8. The summed E-state index contributed by atoms with van der Waals surface area (Å²) in [7, 11) is -3.98. The molecule has 0 bridgehead atoms. The van der Waals surface area contributed by atoms with E-state index in [1.165, 1.54) is 56.0 Å². The van der Waals surface area contributed by atoms with Crippen molar-refractivity contribution >= 4 is 15.7 Å². The van der Waals surface area contributed by atoms with Gasteiger partial charge in [0.1, 0.15) is 5.82 Å². The average molecular weight is 575 g/mol. The van der Waals surface area contributed by atoms with Crippen LogP contribution in [0.15, 0.2) is 65.6 Å². The van der Waals surface area contributed by atoms with Crippen molar-refractivity contribution in [2.45, 2.75) is 75.5 Å². The number of aryl methyl sites for hydroxylation is 1. The van der Waals surface area contributed by atoms with Gasteiger partial charge < -0.3 is 0 Å². The van der Waals surface area contributed by atoms with Crippen LogP contribution in [0.5, 0.6) is 0 Å². The van der Waals surface area contributed by atoms with E-state index in [2.05, 4.69) is 9.62 Å². The highest BCUT2D eigenvalue weighted by Crippen LogP contribution is 2.31. The van der Waals surface area contributed by atoms with Crippen molar-refractivity contribution in [1.29, 1.82) is 0 Å². The van der Waals surface area contributed by atoms with Crippen molar-refractivity contribution in [3.63, 3.8) is 0 Å². The highest BCUT2D eigenvalue weighted by Gasteiger charge is 2.30. The first-order valence-corrected chi connectivity index (χ1v) is 15.4. The maximum absolute atomic E-state index is 14.8. The van der Waals surface area contributed by atoms with Gasteiger partial charge in [-0.25, -0.2) is 12.8 Å². The predicted molar refractivity (Wildman–Crippen MR) is 148 cm³/mol. The Morgan fingerprint density at radius 2 is 1.62 bits per heavy atom. The summed E-state index contributed by atoms with van der Waals surface area (Å²) in [5, 5.41) is 0. The van der Waals surface area contributed by atoms with Crippen molar-refractivity contribution in [3.8, 4) is 0 Å². The number of alkyl halides is 3. The second-order valence-corrected chi connectivity index (χ2v) is 12.7. The fourth-order valence-electron chi connectivity index (χ4n) is 5.84. The first kappa shape index (κ1) is 28.6. The molecule has 1 heterocycles. The lowest BCUT2D eigenvalue weighted by atomic mass is 9.98. The van der Waals surface area contributed by atoms with Gasteiger partial charge >= 0.3 is 6.18 Å². The van der Waals surface area contributed by atoms with E-state index in [1.54, 1.807) is 18.2 Å². The number of sulfonamides is 1. The van der Waals surface area contributed by atoms with Gasteiger partial charge in [0.15, 0.2) is 0 Å². The van der Waals surface area contributed by atoms with Crippen LogP contribution < -0.4 is 4.72 Å². The molecule has 0 spiro atoms. The minimum atomic E-state index is -4.36. The molecular formula is C31H34F4N2O2S. The first-order chi connectivity index (χ1) is 19.1. The van der Waals surface area contributed by atoms with Crippen LogP contribution in [0.2, 0.25) is 0 Å². The normalized spacial score (nSPS) is 16.7. The van der Waals surface area contributed by atoms with E-state index >= 15 is 0 Å². The Bertz CT molecular complexity index is 1430. The molecular weight excluding hydrogens is 540 g/mol. The Morgan fingerprint density at radius 1 is 0.900 bits per heavy atom. The van der Waals surface area contributed by atoms with Gasteiger partial charge in [-0.05, 0) is 83.8 Å². The van der Waals surface area contributed by atoms with Crippen molar-refractivity contribution in [1.82, 2.24) is 4.90 Å². The minimum Gasteiger partial charge on any atom is -0.294 e. The Morgan fingerprint density at radius 3 is 2.33 bits per heavy atom. The second kappa shape index (κ2) is 11.9. The van der Waals surface area contributed by atoms with Gasteiger partial charge in [0, 0.05) is 19.6 Å². The molecule has 1 aliphatic carbocycles. The summed E-state index contributed by atoms with van der Waals surface area (Å²) in [5.74, 6) is 0.202. The largest absolute Gasteiger partial charge is 0.416 e. The van der Waals surface area contributed by atoms with E-state index in [1.807, 2.05) is 0 Å². The van der Waals surface area contributed by atoms with Crippen LogP contribution in [0, 0.1) is 11.7 Å². The Balaban J connectivity index is 1.19. The molecule has 9 heteroatoms. The van der Waals surface area contributed by atoms with Crippen LogP contribution in [0.1, 0.15) is 66.3 Å². The molecule has 1 fully saturated rings. The highest BCUT2D eigenvalue weighted by atomic mass is 32.2. The maximum Gasteiger partial charge on any atom is 0.416 e. The van der Waals surface area contributed by atoms with Crippen LogP contribution in [-0.2, 0) is 42.1 Å². The number of halogens is 4. The monoisotopic (exact) mass is 574 g/mol. The predicted octanol–water partition coefficient (Wildman–Crippen LogP) is 7.72. The summed E-state index contributed by atoms with van der Waals surface area (Å²) < 4.78 is 81.9. The van der Waals surface area contributed by atoms with Crippen LogP contribution in [-0.4, -0.2) is 19.9 Å². The number of nitrogens with one attached hydrogen (secondary N) is 1. The summed E-state index contributed by atoms with van der Waals surface area (Å²) in [6, 6.07) is 14.8. The van der Waals surface area contributed by atoms with Crippen molar-refractivity contribution in [2.75, 3.05) is 11.3 Å². The molecule has 0 saturated heterocycles. The third-order valence-electron chi connectivity index (χ3n) is 8.10. The van der Waals surface area contributed by atoms with Gasteiger partial charge in [0.25, 0.3) is 10.0 Å². The lowest BCUT2D eigenvalue weighted by molar-refractivity contribution is -0.137. The zero-order valence-corrected chi connectivity index (χ0v) is 23.1. The van der Waals surface area contributed by atoms with Gasteiger partial charge in [-0.2, -0.15) is 13.2 Å². The summed E-state index contributed by atoms with van der Waals surface area (Å²) in [6.45, 7) is 1.69. The second-order valence-electron chi connectivity index (χ2n) is 11.0. The first-order valence-electron chi connectivity index (χ1n) is 13.9. The third kappa shape index (κ3) is 7.04. The quantitative estimate of drug-likeness (QED) is 0.266. The molecule has 4 nitrogen and oxygen atoms in total. The van der Waals surface area contributed by atoms with Crippen LogP contribution >= 0.6 is 0 Å². The number of benzene rings is 3. The molecule has 1 saturated carbocycles. The van der Waals surface area contributed by atoms with E-state index in [0.29, 0.717) is 26.1 Å². The lowest BCUT2D eigenvalue weighted by Crippen LogP contribution is -2.30. The summed E-state index contributed by atoms with van der Waals surface area (Å²) in [6.07, 6.45) is 4.37. The van der Waals surface area contributed by atoms with E-state index < -0.39 is 27.6 Å². The number of fused-ring (bicyclic) bond motifs is 1. The van der Waals surface area contributed by atoms with Crippen molar-refractivity contribution < 1.29 is 26.0 Å². The standard InChI is InChI=1S/C31H34F4N2O2S/c32-29-18-23(7-3-6-22-4-1-2-5-22)10-15-30(29)36-40(38,39)28-14-11-26-21-37(17-16-25(26)19-28)20-24-8-12-27(13-9-24)31(33,34)35/h8-15,18-19,22,36H,1-7,16-17,20-21H2. The fraction of sp³-hybridized carbons (Fsp3) is 0.419. The molecule has 0 radical (unpaired) electrons. The Labute approximate surface area is 233 Å². The highest BCUT2D eigenvalue weighted by molar-refractivity contribution is 7.92. The van der Waals surface area contributed by atoms with Gasteiger partial charge in [-0.3, -0.25) is 9.62 Å². The molecule has 3 aromatic carbocycles. The fourth-order valence-corrected chi connectivity index (χ4v) is 6.96. The van der Waals surface area contributed by atoms with Crippen LogP contribution in [0.3, 0.4) is 0 Å². The smallest absolute Gasteiger partial charge is 0.294 e. The molecule has 0 aromatic heterocycles. The molecule has 3 aromatic rings. The van der Waals surface area contributed by atoms with E-state index in [9.17, 15) is 26.0 Å². The topological polar surface area (TPSA) is 49.4 Å². The van der Waals surface area contributed by atoms with Crippen LogP contribution in [0.25, 0.3) is 0 Å². The van der Waals surface area contributed by atoms with E-state index in [0.717, 1.165) is 59.6 Å². The lowest BCUT2D eigenvalue weighted by Gasteiger charge is -2.29. The summed E-state index contributed by atoms with van der Waals surface area (Å²) in [5.41, 5.74) is 2.76. The Hall–Kier alpha value is -2.91. The number of nitrogens with zero attached hydrogens (tertiary/aromatic N) is 1. The number of anilines is 1. The molecule has 1 aliphatic heterocycles. The number of rotatable bonds is 9. The van der Waals surface area contributed by atoms with Gasteiger partial charge in [-0.1, -0.05) is 56.4 Å². The van der Waals surface area contributed by atoms with Crippen molar-refractivity contribution in [2.24, 2.45) is 5.92 Å². The molecule has 5 rings (SSSR count). The number of hydrogen-bond donors (Lipinski definition) is 1. The summed E-state index contributed by atoms with van der Waals surface area (Å²) in [4.78, 5) is 2.18. The summed E-state index contributed by atoms with van der Waals surface area (Å²) >= 11 is 0. The zero-order chi connectivity index (χ0) is 28.3. The molecule has 2 aliphatic rings. The van der Waals surface area contributed by atoms with Gasteiger partial charge in [0.05, 0.1) is 16.1 Å². The zero-order valence-electron chi connectivity index (χ0n) is 22.3.